The SMILES string of the molecule is CCCCOc1ccc(C(O)=C2C(=O)C(=O)N(CCCN3CCOCC3)[C@@H]2c2ccc(C)cc2)cc1C. The summed E-state index contributed by atoms with van der Waals surface area (Å²) in [5.74, 6) is -0.604. The van der Waals surface area contributed by atoms with Crippen molar-refractivity contribution >= 4 is 17.4 Å². The fourth-order valence-corrected chi connectivity index (χ4v) is 4.94. The lowest BCUT2D eigenvalue weighted by atomic mass is 9.94. The third-order valence-electron chi connectivity index (χ3n) is 7.11. The van der Waals surface area contributed by atoms with Gasteiger partial charge in [-0.1, -0.05) is 43.2 Å². The highest BCUT2D eigenvalue weighted by molar-refractivity contribution is 6.46. The van der Waals surface area contributed by atoms with Gasteiger partial charge in [0.1, 0.15) is 11.5 Å². The van der Waals surface area contributed by atoms with Gasteiger partial charge in [-0.3, -0.25) is 14.5 Å². The number of rotatable bonds is 10. The molecule has 198 valence electrons. The average molecular weight is 507 g/mol. The number of aliphatic hydroxyl groups excluding tert-OH is 1. The molecule has 0 aliphatic carbocycles. The fourth-order valence-electron chi connectivity index (χ4n) is 4.94. The van der Waals surface area contributed by atoms with Crippen molar-refractivity contribution in [3.05, 3.63) is 70.3 Å². The number of aryl methyl sites for hydroxylation is 2. The first-order valence-electron chi connectivity index (χ1n) is 13.3. The highest BCUT2D eigenvalue weighted by Gasteiger charge is 2.45. The predicted molar refractivity (Wildman–Crippen MR) is 144 cm³/mol. The summed E-state index contributed by atoms with van der Waals surface area (Å²) in [7, 11) is 0. The van der Waals surface area contributed by atoms with Crippen LogP contribution in [0.25, 0.3) is 5.76 Å². The van der Waals surface area contributed by atoms with Crippen molar-refractivity contribution in [2.75, 3.05) is 46.0 Å². The number of benzene rings is 2. The molecule has 2 fully saturated rings. The molecule has 1 N–H and O–H groups in total. The number of Topliss-reactive ketones (excluding diaryl/α,β-unsaturated/α-hetero) is 1. The van der Waals surface area contributed by atoms with E-state index >= 15 is 0 Å². The second-order valence-electron chi connectivity index (χ2n) is 9.89. The Morgan fingerprint density at radius 1 is 1.03 bits per heavy atom. The number of nitrogens with zero attached hydrogens (tertiary/aromatic N) is 2. The molecule has 2 saturated heterocycles. The van der Waals surface area contributed by atoms with Gasteiger partial charge in [0.05, 0.1) is 31.4 Å². The van der Waals surface area contributed by atoms with Crippen LogP contribution in [0.5, 0.6) is 5.75 Å². The Morgan fingerprint density at radius 2 is 1.76 bits per heavy atom. The van der Waals surface area contributed by atoms with Gasteiger partial charge in [0.25, 0.3) is 11.7 Å². The van der Waals surface area contributed by atoms with Crippen LogP contribution in [0.2, 0.25) is 0 Å². The maximum atomic E-state index is 13.3. The molecule has 0 radical (unpaired) electrons. The topological polar surface area (TPSA) is 79.3 Å². The standard InChI is InChI=1S/C30H38N2O5/c1-4-5-17-37-25-12-11-24(20-22(25)3)28(33)26-27(23-9-7-21(2)8-10-23)32(30(35)29(26)34)14-6-13-31-15-18-36-19-16-31/h7-12,20,27,33H,4-6,13-19H2,1-3H3/t27-/m1/s1. The van der Waals surface area contributed by atoms with Crippen LogP contribution in [-0.4, -0.2) is 72.6 Å². The fraction of sp³-hybridized carbons (Fsp3) is 0.467. The van der Waals surface area contributed by atoms with Crippen molar-refractivity contribution in [2.24, 2.45) is 0 Å². The number of ketones is 1. The van der Waals surface area contributed by atoms with Gasteiger partial charge in [-0.2, -0.15) is 0 Å². The van der Waals surface area contributed by atoms with Gasteiger partial charge in [-0.15, -0.1) is 0 Å². The minimum atomic E-state index is -0.643. The number of hydrogen-bond acceptors (Lipinski definition) is 6. The molecule has 2 heterocycles. The summed E-state index contributed by atoms with van der Waals surface area (Å²) in [6.07, 6.45) is 2.74. The first-order valence-corrected chi connectivity index (χ1v) is 13.3. The van der Waals surface area contributed by atoms with Crippen LogP contribution in [0, 0.1) is 13.8 Å². The van der Waals surface area contributed by atoms with E-state index in [9.17, 15) is 14.7 Å². The van der Waals surface area contributed by atoms with Gasteiger partial charge in [0.15, 0.2) is 0 Å². The monoisotopic (exact) mass is 506 g/mol. The Labute approximate surface area is 219 Å². The summed E-state index contributed by atoms with van der Waals surface area (Å²) < 4.78 is 11.3. The number of ether oxygens (including phenoxy) is 2. The molecule has 2 aromatic carbocycles. The number of unbranched alkanes of at least 4 members (excludes halogenated alkanes) is 1. The normalized spacial score (nSPS) is 20.0. The molecule has 1 amide bonds. The second-order valence-corrected chi connectivity index (χ2v) is 9.89. The van der Waals surface area contributed by atoms with Crippen molar-refractivity contribution in [3.63, 3.8) is 0 Å². The van der Waals surface area contributed by atoms with Crippen LogP contribution in [-0.2, 0) is 14.3 Å². The van der Waals surface area contributed by atoms with E-state index in [1.807, 2.05) is 50.2 Å². The second kappa shape index (κ2) is 12.4. The van der Waals surface area contributed by atoms with E-state index in [4.69, 9.17) is 9.47 Å². The Morgan fingerprint density at radius 3 is 2.43 bits per heavy atom. The smallest absolute Gasteiger partial charge is 0.295 e. The Kier molecular flexibility index (Phi) is 9.00. The van der Waals surface area contributed by atoms with Gasteiger partial charge in [-0.25, -0.2) is 0 Å². The summed E-state index contributed by atoms with van der Waals surface area (Å²) >= 11 is 0. The quantitative estimate of drug-likeness (QED) is 0.219. The third kappa shape index (κ3) is 6.22. The molecule has 0 bridgehead atoms. The molecule has 0 saturated carbocycles. The minimum absolute atomic E-state index is 0.138. The third-order valence-corrected chi connectivity index (χ3v) is 7.11. The van der Waals surface area contributed by atoms with Crippen LogP contribution in [0.3, 0.4) is 0 Å². The molecule has 2 aliphatic heterocycles. The minimum Gasteiger partial charge on any atom is -0.507 e. The summed E-state index contributed by atoms with van der Waals surface area (Å²) in [6, 6.07) is 12.6. The van der Waals surface area contributed by atoms with E-state index in [0.29, 0.717) is 18.7 Å². The van der Waals surface area contributed by atoms with E-state index < -0.39 is 17.7 Å². The van der Waals surface area contributed by atoms with E-state index in [1.165, 1.54) is 0 Å². The highest BCUT2D eigenvalue weighted by Crippen LogP contribution is 2.40. The molecule has 37 heavy (non-hydrogen) atoms. The number of aliphatic hydroxyl groups is 1. The largest absolute Gasteiger partial charge is 0.507 e. The van der Waals surface area contributed by atoms with Crippen molar-refractivity contribution in [3.8, 4) is 5.75 Å². The zero-order valence-electron chi connectivity index (χ0n) is 22.2. The van der Waals surface area contributed by atoms with Crippen LogP contribution < -0.4 is 4.74 Å². The Balaban J connectivity index is 1.64. The van der Waals surface area contributed by atoms with E-state index in [-0.39, 0.29) is 11.3 Å². The zero-order valence-corrected chi connectivity index (χ0v) is 22.2. The molecule has 2 aromatic rings. The molecule has 0 unspecified atom stereocenters. The number of hydrogen-bond donors (Lipinski definition) is 1. The lowest BCUT2D eigenvalue weighted by molar-refractivity contribution is -0.140. The number of morpholine rings is 1. The number of amides is 1. The molecule has 1 atom stereocenters. The first-order chi connectivity index (χ1) is 17.9. The molecule has 0 aromatic heterocycles. The number of likely N-dealkylation sites (tertiary alicyclic amines) is 1. The highest BCUT2D eigenvalue weighted by atomic mass is 16.5. The Bertz CT molecular complexity index is 1140. The van der Waals surface area contributed by atoms with Gasteiger partial charge in [0.2, 0.25) is 0 Å². The van der Waals surface area contributed by atoms with Crippen molar-refractivity contribution in [2.45, 2.75) is 46.1 Å². The van der Waals surface area contributed by atoms with Gasteiger partial charge in [-0.05, 0) is 56.0 Å². The number of carbonyl (C=O) groups excluding carboxylic acids is 2. The first kappa shape index (κ1) is 26.9. The lowest BCUT2D eigenvalue weighted by Crippen LogP contribution is -2.38. The molecular formula is C30H38N2O5. The maximum absolute atomic E-state index is 13.3. The summed E-state index contributed by atoms with van der Waals surface area (Å²) in [4.78, 5) is 30.5. The van der Waals surface area contributed by atoms with Crippen LogP contribution in [0.4, 0.5) is 0 Å². The predicted octanol–water partition coefficient (Wildman–Crippen LogP) is 4.63. The zero-order chi connectivity index (χ0) is 26.4. The van der Waals surface area contributed by atoms with Crippen LogP contribution >= 0.6 is 0 Å². The van der Waals surface area contributed by atoms with E-state index in [1.54, 1.807) is 11.0 Å². The van der Waals surface area contributed by atoms with Gasteiger partial charge in [0, 0.05) is 31.7 Å². The molecular weight excluding hydrogens is 468 g/mol. The summed E-state index contributed by atoms with van der Waals surface area (Å²) in [6.45, 7) is 11.1. The molecule has 7 nitrogen and oxygen atoms in total. The van der Waals surface area contributed by atoms with Gasteiger partial charge >= 0.3 is 0 Å². The van der Waals surface area contributed by atoms with Crippen molar-refractivity contribution in [1.82, 2.24) is 9.80 Å². The van der Waals surface area contributed by atoms with Crippen LogP contribution in [0.1, 0.15) is 54.5 Å². The van der Waals surface area contributed by atoms with Crippen LogP contribution in [0.15, 0.2) is 48.0 Å². The summed E-state index contributed by atoms with van der Waals surface area (Å²) in [5.41, 5.74) is 3.41. The van der Waals surface area contributed by atoms with Crippen molar-refractivity contribution < 1.29 is 24.2 Å². The molecule has 2 aliphatic rings. The number of carbonyl (C=O) groups is 2. The Hall–Kier alpha value is -3.16. The maximum Gasteiger partial charge on any atom is 0.295 e. The molecule has 0 spiro atoms. The van der Waals surface area contributed by atoms with E-state index in [0.717, 1.165) is 74.6 Å². The summed E-state index contributed by atoms with van der Waals surface area (Å²) in [5, 5.41) is 11.4. The lowest BCUT2D eigenvalue weighted by Gasteiger charge is -2.29. The van der Waals surface area contributed by atoms with Gasteiger partial charge < -0.3 is 19.5 Å². The molecule has 7 heteroatoms. The van der Waals surface area contributed by atoms with Crippen molar-refractivity contribution in [1.29, 1.82) is 0 Å². The van der Waals surface area contributed by atoms with E-state index in [2.05, 4.69) is 11.8 Å². The average Bonchev–Trinajstić information content (AvgIpc) is 3.15. The molecule has 4 rings (SSSR count).